The monoisotopic (exact) mass is 314 g/mol. The summed E-state index contributed by atoms with van der Waals surface area (Å²) in [6, 6.07) is 0. The summed E-state index contributed by atoms with van der Waals surface area (Å²) in [4.78, 5) is 19.3. The predicted octanol–water partition coefficient (Wildman–Crippen LogP) is 2.51. The lowest BCUT2D eigenvalue weighted by Gasteiger charge is -2.20. The summed E-state index contributed by atoms with van der Waals surface area (Å²) in [5, 5.41) is 3.98. The summed E-state index contributed by atoms with van der Waals surface area (Å²) >= 11 is 3.25. The maximum atomic E-state index is 12.5. The Hall–Kier alpha value is -0.950. The molecule has 5 nitrogen and oxygen atoms in total. The minimum Gasteiger partial charge on any atom is -0.382 e. The third-order valence-electron chi connectivity index (χ3n) is 2.84. The fraction of sp³-hybridized carbons (Fsp3) is 0.692. The number of carbonyl (C=O) groups is 1. The molecule has 0 saturated carbocycles. The van der Waals surface area contributed by atoms with Crippen molar-refractivity contribution < 1.29 is 4.79 Å². The summed E-state index contributed by atoms with van der Waals surface area (Å²) in [7, 11) is 0. The van der Waals surface area contributed by atoms with Crippen LogP contribution in [0.2, 0.25) is 0 Å². The summed E-state index contributed by atoms with van der Waals surface area (Å²) in [5.74, 6) is 2.48. The summed E-state index contributed by atoms with van der Waals surface area (Å²) in [5.41, 5.74) is 5.82. The van der Waals surface area contributed by atoms with Gasteiger partial charge in [-0.05, 0) is 32.9 Å². The highest BCUT2D eigenvalue weighted by Crippen LogP contribution is 2.28. The molecule has 2 rings (SSSR count). The third-order valence-corrected chi connectivity index (χ3v) is 4.86. The van der Waals surface area contributed by atoms with Crippen LogP contribution in [0.1, 0.15) is 36.9 Å². The summed E-state index contributed by atoms with van der Waals surface area (Å²) in [6.07, 6.45) is 1.04. The molecule has 0 aromatic carbocycles. The van der Waals surface area contributed by atoms with Gasteiger partial charge in [0.2, 0.25) is 0 Å². The van der Waals surface area contributed by atoms with Gasteiger partial charge in [-0.15, -0.1) is 0 Å². The van der Waals surface area contributed by atoms with Crippen LogP contribution in [-0.4, -0.2) is 45.9 Å². The molecule has 0 unspecified atom stereocenters. The first-order valence-electron chi connectivity index (χ1n) is 6.78. The molecule has 7 heteroatoms. The Morgan fingerprint density at radius 3 is 2.80 bits per heavy atom. The molecule has 0 bridgehead atoms. The van der Waals surface area contributed by atoms with Gasteiger partial charge in [0.05, 0.1) is 0 Å². The number of aromatic nitrogens is 1. The highest BCUT2D eigenvalue weighted by molar-refractivity contribution is 7.99. The van der Waals surface area contributed by atoms with Gasteiger partial charge in [0, 0.05) is 24.4 Å². The Balaban J connectivity index is 2.13. The topological polar surface area (TPSA) is 71.2 Å². The molecule has 1 aromatic rings. The van der Waals surface area contributed by atoms with E-state index in [1.807, 2.05) is 16.7 Å². The molecule has 3 N–H and O–H groups in total. The number of carbonyl (C=O) groups excluding carboxylic acids is 1. The Labute approximate surface area is 128 Å². The molecule has 1 aromatic heterocycles. The van der Waals surface area contributed by atoms with Crippen molar-refractivity contribution in [2.45, 2.75) is 32.7 Å². The van der Waals surface area contributed by atoms with E-state index in [0.29, 0.717) is 15.8 Å². The van der Waals surface area contributed by atoms with Gasteiger partial charge in [-0.1, -0.05) is 11.3 Å². The Bertz CT molecular complexity index is 473. The van der Waals surface area contributed by atoms with Gasteiger partial charge in [0.25, 0.3) is 5.91 Å². The average molecular weight is 314 g/mol. The summed E-state index contributed by atoms with van der Waals surface area (Å²) in [6.45, 7) is 7.77. The molecule has 1 aliphatic rings. The number of hydrogen-bond acceptors (Lipinski definition) is 6. The number of rotatable bonds is 2. The highest BCUT2D eigenvalue weighted by atomic mass is 32.2. The lowest BCUT2D eigenvalue weighted by Crippen LogP contribution is -2.32. The molecule has 1 fully saturated rings. The lowest BCUT2D eigenvalue weighted by molar-refractivity contribution is 0.0774. The first-order valence-corrected chi connectivity index (χ1v) is 8.75. The van der Waals surface area contributed by atoms with E-state index in [1.165, 1.54) is 11.3 Å². The molecular weight excluding hydrogens is 292 g/mol. The molecule has 112 valence electrons. The number of anilines is 2. The van der Waals surface area contributed by atoms with Crippen LogP contribution in [0, 0.1) is 0 Å². The molecule has 0 radical (unpaired) electrons. The first kappa shape index (κ1) is 15.4. The SMILES string of the molecule is CC(C)(C)Nc1nc(N)c(C(=O)N2CCCSCC2)s1. The molecule has 1 aliphatic heterocycles. The first-order chi connectivity index (χ1) is 9.37. The second-order valence-electron chi connectivity index (χ2n) is 5.87. The highest BCUT2D eigenvalue weighted by Gasteiger charge is 2.24. The van der Waals surface area contributed by atoms with Crippen molar-refractivity contribution in [1.82, 2.24) is 9.88 Å². The maximum Gasteiger partial charge on any atom is 0.267 e. The number of nitrogens with zero attached hydrogens (tertiary/aromatic N) is 2. The van der Waals surface area contributed by atoms with E-state index >= 15 is 0 Å². The smallest absolute Gasteiger partial charge is 0.267 e. The average Bonchev–Trinajstić information content (AvgIpc) is 2.56. The number of thiazole rings is 1. The van der Waals surface area contributed by atoms with Gasteiger partial charge in [-0.25, -0.2) is 4.98 Å². The van der Waals surface area contributed by atoms with Crippen molar-refractivity contribution in [2.75, 3.05) is 35.6 Å². The van der Waals surface area contributed by atoms with Crippen LogP contribution in [0.3, 0.4) is 0 Å². The molecular formula is C13H22N4OS2. The van der Waals surface area contributed by atoms with Crippen molar-refractivity contribution >= 4 is 40.0 Å². The molecule has 0 spiro atoms. The Morgan fingerprint density at radius 1 is 1.35 bits per heavy atom. The molecule has 1 amide bonds. The second kappa shape index (κ2) is 6.22. The standard InChI is InChI=1S/C13H22N4OS2/c1-13(2,3)16-12-15-10(14)9(20-12)11(18)17-5-4-7-19-8-6-17/h4-8,14H2,1-3H3,(H,15,16). The largest absolute Gasteiger partial charge is 0.382 e. The van der Waals surface area contributed by atoms with Gasteiger partial charge in [-0.3, -0.25) is 4.79 Å². The number of nitrogens with one attached hydrogen (secondary N) is 1. The van der Waals surface area contributed by atoms with Crippen molar-refractivity contribution in [2.24, 2.45) is 0 Å². The Kier molecular flexibility index (Phi) is 4.80. The molecule has 0 atom stereocenters. The van der Waals surface area contributed by atoms with Crippen LogP contribution in [0.25, 0.3) is 0 Å². The van der Waals surface area contributed by atoms with Crippen LogP contribution in [0.4, 0.5) is 10.9 Å². The maximum absolute atomic E-state index is 12.5. The molecule has 1 saturated heterocycles. The zero-order valence-corrected chi connectivity index (χ0v) is 13.9. The number of hydrogen-bond donors (Lipinski definition) is 2. The van der Waals surface area contributed by atoms with E-state index in [-0.39, 0.29) is 11.4 Å². The van der Waals surface area contributed by atoms with E-state index in [0.717, 1.165) is 31.0 Å². The zero-order chi connectivity index (χ0) is 14.8. The second-order valence-corrected chi connectivity index (χ2v) is 8.09. The Morgan fingerprint density at radius 2 is 2.10 bits per heavy atom. The number of nitrogens with two attached hydrogens (primary N) is 1. The van der Waals surface area contributed by atoms with Crippen molar-refractivity contribution in [3.8, 4) is 0 Å². The molecule has 0 aliphatic carbocycles. The zero-order valence-electron chi connectivity index (χ0n) is 12.2. The number of thioether (sulfide) groups is 1. The minimum absolute atomic E-state index is 0.0180. The van der Waals surface area contributed by atoms with E-state index < -0.39 is 0 Å². The van der Waals surface area contributed by atoms with Gasteiger partial charge >= 0.3 is 0 Å². The molecule has 20 heavy (non-hydrogen) atoms. The van der Waals surface area contributed by atoms with Gasteiger partial charge in [0.1, 0.15) is 10.7 Å². The minimum atomic E-state index is -0.0934. The quantitative estimate of drug-likeness (QED) is 0.877. The van der Waals surface area contributed by atoms with Crippen molar-refractivity contribution in [3.05, 3.63) is 4.88 Å². The van der Waals surface area contributed by atoms with Crippen LogP contribution in [0.5, 0.6) is 0 Å². The fourth-order valence-corrected chi connectivity index (χ4v) is 3.90. The number of nitrogen functional groups attached to an aromatic ring is 1. The van der Waals surface area contributed by atoms with Crippen LogP contribution < -0.4 is 11.1 Å². The van der Waals surface area contributed by atoms with E-state index in [9.17, 15) is 4.79 Å². The van der Waals surface area contributed by atoms with Crippen molar-refractivity contribution in [1.29, 1.82) is 0 Å². The lowest BCUT2D eigenvalue weighted by atomic mass is 10.1. The molecule has 2 heterocycles. The predicted molar refractivity (Wildman–Crippen MR) is 87.7 cm³/mol. The van der Waals surface area contributed by atoms with E-state index in [4.69, 9.17) is 5.73 Å². The van der Waals surface area contributed by atoms with Gasteiger partial charge < -0.3 is 16.0 Å². The van der Waals surface area contributed by atoms with Crippen LogP contribution in [0.15, 0.2) is 0 Å². The van der Waals surface area contributed by atoms with E-state index in [2.05, 4.69) is 31.1 Å². The van der Waals surface area contributed by atoms with Crippen LogP contribution >= 0.6 is 23.1 Å². The van der Waals surface area contributed by atoms with Gasteiger partial charge in [-0.2, -0.15) is 11.8 Å². The van der Waals surface area contributed by atoms with Gasteiger partial charge in [0.15, 0.2) is 5.13 Å². The third kappa shape index (κ3) is 4.02. The fourth-order valence-electron chi connectivity index (χ4n) is 1.95. The number of amides is 1. The van der Waals surface area contributed by atoms with Crippen LogP contribution in [-0.2, 0) is 0 Å². The van der Waals surface area contributed by atoms with Crippen molar-refractivity contribution in [3.63, 3.8) is 0 Å². The summed E-state index contributed by atoms with van der Waals surface area (Å²) < 4.78 is 0. The van der Waals surface area contributed by atoms with E-state index in [1.54, 1.807) is 0 Å². The normalized spacial score (nSPS) is 16.9.